The summed E-state index contributed by atoms with van der Waals surface area (Å²) in [4.78, 5) is 40.0. The molecule has 0 bridgehead atoms. The predicted molar refractivity (Wildman–Crippen MR) is 145 cm³/mol. The van der Waals surface area contributed by atoms with Gasteiger partial charge in [0.25, 0.3) is 0 Å². The quantitative estimate of drug-likeness (QED) is 0.206. The molecule has 0 saturated heterocycles. The molecule has 0 aliphatic carbocycles. The molecular weight excluding hydrogens is 529 g/mol. The lowest BCUT2D eigenvalue weighted by Gasteiger charge is -2.24. The van der Waals surface area contributed by atoms with E-state index in [-0.39, 0.29) is 50.7 Å². The Kier molecular flexibility index (Phi) is 13.4. The van der Waals surface area contributed by atoms with Crippen LogP contribution in [0, 0.1) is 0 Å². The van der Waals surface area contributed by atoms with Gasteiger partial charge >= 0.3 is 6.18 Å². The molecule has 3 amide bonds. The molecule has 0 radical (unpaired) electrons. The van der Waals surface area contributed by atoms with Gasteiger partial charge in [-0.15, -0.1) is 0 Å². The van der Waals surface area contributed by atoms with Crippen molar-refractivity contribution in [1.29, 1.82) is 0 Å². The minimum absolute atomic E-state index is 0.213. The third-order valence-electron chi connectivity index (χ3n) is 5.86. The minimum atomic E-state index is -4.32. The van der Waals surface area contributed by atoms with Crippen LogP contribution in [0.1, 0.15) is 24.8 Å². The highest BCUT2D eigenvalue weighted by Gasteiger charge is 2.28. The number of aryl methyl sites for hydroxylation is 1. The number of nitrogens with one attached hydrogen (secondary N) is 2. The van der Waals surface area contributed by atoms with E-state index in [0.29, 0.717) is 12.1 Å². The summed E-state index contributed by atoms with van der Waals surface area (Å²) in [7, 11) is 0. The number of halogens is 3. The molecule has 0 aromatic heterocycles. The van der Waals surface area contributed by atoms with Gasteiger partial charge in [0.05, 0.1) is 25.5 Å². The van der Waals surface area contributed by atoms with E-state index >= 15 is 0 Å². The van der Waals surface area contributed by atoms with E-state index in [1.54, 1.807) is 0 Å². The SMILES string of the molecule is NCCN(CCN)C(=O)C[C@H](N)C(=O)N[C@@H](CCc1ccccc1)C(=O)Nc1ccc(OCCC(F)(F)F)cc1. The third-order valence-corrected chi connectivity index (χ3v) is 5.86. The summed E-state index contributed by atoms with van der Waals surface area (Å²) in [6, 6.07) is 13.0. The summed E-state index contributed by atoms with van der Waals surface area (Å²) in [5.74, 6) is -1.36. The monoisotopic (exact) mass is 566 g/mol. The molecule has 40 heavy (non-hydrogen) atoms. The molecule has 0 spiro atoms. The Morgan fingerprint density at radius 1 is 0.925 bits per heavy atom. The summed E-state index contributed by atoms with van der Waals surface area (Å²) in [5.41, 5.74) is 18.4. The summed E-state index contributed by atoms with van der Waals surface area (Å²) in [6.07, 6.45) is -4.97. The first kappa shape index (κ1) is 32.5. The number of anilines is 1. The smallest absolute Gasteiger partial charge is 0.392 e. The molecule has 2 atom stereocenters. The largest absolute Gasteiger partial charge is 0.493 e. The van der Waals surface area contributed by atoms with Crippen molar-refractivity contribution in [1.82, 2.24) is 10.2 Å². The third kappa shape index (κ3) is 12.0. The van der Waals surface area contributed by atoms with Gasteiger partial charge < -0.3 is 37.5 Å². The van der Waals surface area contributed by atoms with E-state index in [2.05, 4.69) is 10.6 Å². The number of alkyl halides is 3. The van der Waals surface area contributed by atoms with Gasteiger partial charge in [0, 0.05) is 31.9 Å². The van der Waals surface area contributed by atoms with Crippen LogP contribution in [-0.2, 0) is 20.8 Å². The van der Waals surface area contributed by atoms with Gasteiger partial charge in [0.2, 0.25) is 17.7 Å². The Hall–Kier alpha value is -3.68. The van der Waals surface area contributed by atoms with E-state index in [9.17, 15) is 27.6 Å². The summed E-state index contributed by atoms with van der Waals surface area (Å²) in [5, 5.41) is 5.33. The highest BCUT2D eigenvalue weighted by Crippen LogP contribution is 2.21. The first-order valence-corrected chi connectivity index (χ1v) is 12.9. The number of rotatable bonds is 16. The van der Waals surface area contributed by atoms with E-state index in [1.807, 2.05) is 30.3 Å². The van der Waals surface area contributed by atoms with Gasteiger partial charge in [0.1, 0.15) is 11.8 Å². The minimum Gasteiger partial charge on any atom is -0.493 e. The van der Waals surface area contributed by atoms with E-state index < -0.39 is 43.1 Å². The second-order valence-corrected chi connectivity index (χ2v) is 9.08. The molecule has 8 N–H and O–H groups in total. The van der Waals surface area contributed by atoms with Crippen molar-refractivity contribution >= 4 is 23.4 Å². The summed E-state index contributed by atoms with van der Waals surface area (Å²) < 4.78 is 42.0. The number of hydrogen-bond donors (Lipinski definition) is 5. The maximum absolute atomic E-state index is 13.1. The second kappa shape index (κ2) is 16.4. The molecule has 0 aliphatic rings. The van der Waals surface area contributed by atoms with Crippen molar-refractivity contribution in [2.45, 2.75) is 43.9 Å². The number of hydrogen-bond acceptors (Lipinski definition) is 7. The van der Waals surface area contributed by atoms with Crippen LogP contribution in [0.2, 0.25) is 0 Å². The molecule has 0 unspecified atom stereocenters. The van der Waals surface area contributed by atoms with Crippen molar-refractivity contribution in [3.63, 3.8) is 0 Å². The van der Waals surface area contributed by atoms with E-state index in [1.165, 1.54) is 29.2 Å². The Bertz CT molecular complexity index is 1060. The summed E-state index contributed by atoms with van der Waals surface area (Å²) in [6.45, 7) is 0.490. The van der Waals surface area contributed by atoms with Crippen molar-refractivity contribution < 1.29 is 32.3 Å². The molecule has 10 nitrogen and oxygen atoms in total. The van der Waals surface area contributed by atoms with Crippen molar-refractivity contribution in [3.8, 4) is 5.75 Å². The fourth-order valence-electron chi connectivity index (χ4n) is 3.73. The fraction of sp³-hybridized carbons (Fsp3) is 0.444. The van der Waals surface area contributed by atoms with Crippen molar-refractivity contribution in [2.24, 2.45) is 17.2 Å². The Balaban J connectivity index is 2.04. The maximum atomic E-state index is 13.1. The van der Waals surface area contributed by atoms with Crippen LogP contribution < -0.4 is 32.6 Å². The molecule has 2 aromatic carbocycles. The fourth-order valence-corrected chi connectivity index (χ4v) is 3.73. The van der Waals surface area contributed by atoms with Crippen LogP contribution in [0.5, 0.6) is 5.75 Å². The van der Waals surface area contributed by atoms with Gasteiger partial charge in [-0.1, -0.05) is 30.3 Å². The number of benzene rings is 2. The lowest BCUT2D eigenvalue weighted by Crippen LogP contribution is -2.52. The van der Waals surface area contributed by atoms with Crippen LogP contribution in [0.25, 0.3) is 0 Å². The Morgan fingerprint density at radius 2 is 1.55 bits per heavy atom. The van der Waals surface area contributed by atoms with Crippen LogP contribution >= 0.6 is 0 Å². The highest BCUT2D eigenvalue weighted by molar-refractivity contribution is 5.98. The molecular formula is C27H37F3N6O4. The standard InChI is InChI=1S/C27H37F3N6O4/c28-27(29,30)12-17-40-21-9-7-20(8-10-21)34-26(39)23(11-6-19-4-2-1-3-5-19)35-25(38)22(33)18-24(37)36(15-13-31)16-14-32/h1-5,7-10,22-23H,6,11-18,31-33H2,(H,34,39)(H,35,38)/t22-,23-/m0/s1. The van der Waals surface area contributed by atoms with Gasteiger partial charge in [-0.05, 0) is 42.7 Å². The highest BCUT2D eigenvalue weighted by atomic mass is 19.4. The first-order chi connectivity index (χ1) is 19.0. The number of amides is 3. The van der Waals surface area contributed by atoms with Gasteiger partial charge in [-0.25, -0.2) is 0 Å². The van der Waals surface area contributed by atoms with Gasteiger partial charge in [0.15, 0.2) is 0 Å². The lowest BCUT2D eigenvalue weighted by atomic mass is 10.0. The topological polar surface area (TPSA) is 166 Å². The molecule has 0 aliphatic heterocycles. The zero-order valence-electron chi connectivity index (χ0n) is 22.2. The molecule has 220 valence electrons. The van der Waals surface area contributed by atoms with Crippen LogP contribution in [0.15, 0.2) is 54.6 Å². The van der Waals surface area contributed by atoms with Crippen LogP contribution in [0.4, 0.5) is 18.9 Å². The van der Waals surface area contributed by atoms with E-state index in [4.69, 9.17) is 21.9 Å². The number of ether oxygens (including phenoxy) is 1. The molecule has 2 aromatic rings. The molecule has 13 heteroatoms. The predicted octanol–water partition coefficient (Wildman–Crippen LogP) is 1.54. The van der Waals surface area contributed by atoms with Gasteiger partial charge in [-0.3, -0.25) is 14.4 Å². The normalized spacial score (nSPS) is 12.8. The number of nitrogens with zero attached hydrogens (tertiary/aromatic N) is 1. The van der Waals surface area contributed by atoms with Crippen LogP contribution in [0.3, 0.4) is 0 Å². The van der Waals surface area contributed by atoms with Crippen molar-refractivity contribution in [3.05, 3.63) is 60.2 Å². The van der Waals surface area contributed by atoms with Crippen LogP contribution in [-0.4, -0.2) is 73.7 Å². The molecule has 0 heterocycles. The number of carbonyl (C=O) groups is 3. The van der Waals surface area contributed by atoms with Crippen molar-refractivity contribution in [2.75, 3.05) is 38.1 Å². The molecule has 0 saturated carbocycles. The Labute approximate surface area is 231 Å². The average Bonchev–Trinajstić information content (AvgIpc) is 2.91. The summed E-state index contributed by atoms with van der Waals surface area (Å²) >= 11 is 0. The molecule has 0 fully saturated rings. The average molecular weight is 567 g/mol. The second-order valence-electron chi connectivity index (χ2n) is 9.08. The Morgan fingerprint density at radius 3 is 2.12 bits per heavy atom. The number of carbonyl (C=O) groups excluding carboxylic acids is 3. The first-order valence-electron chi connectivity index (χ1n) is 12.9. The zero-order chi connectivity index (χ0) is 29.5. The van der Waals surface area contributed by atoms with Gasteiger partial charge in [-0.2, -0.15) is 13.2 Å². The lowest BCUT2D eigenvalue weighted by molar-refractivity contribution is -0.139. The zero-order valence-corrected chi connectivity index (χ0v) is 22.2. The maximum Gasteiger partial charge on any atom is 0.392 e. The molecule has 2 rings (SSSR count). The van der Waals surface area contributed by atoms with E-state index in [0.717, 1.165) is 5.56 Å². The number of nitrogens with two attached hydrogens (primary N) is 3.